The van der Waals surface area contributed by atoms with E-state index in [0.717, 1.165) is 31.0 Å². The van der Waals surface area contributed by atoms with Gasteiger partial charge in [-0.3, -0.25) is 9.59 Å². The van der Waals surface area contributed by atoms with E-state index in [9.17, 15) is 9.59 Å². The molecule has 1 aliphatic heterocycles. The highest BCUT2D eigenvalue weighted by atomic mass is 32.2. The maximum atomic E-state index is 11.9. The number of rotatable bonds is 1. The second-order valence-electron chi connectivity index (χ2n) is 3.95. The maximum Gasteiger partial charge on any atom is 0.226 e. The van der Waals surface area contributed by atoms with Crippen molar-refractivity contribution in [1.82, 2.24) is 4.90 Å². The second kappa shape index (κ2) is 4.34. The number of ketones is 1. The van der Waals surface area contributed by atoms with Gasteiger partial charge in [0.1, 0.15) is 5.78 Å². The third-order valence-electron chi connectivity index (χ3n) is 2.96. The van der Waals surface area contributed by atoms with E-state index in [0.29, 0.717) is 18.6 Å². The summed E-state index contributed by atoms with van der Waals surface area (Å²) in [5.41, 5.74) is 0. The van der Waals surface area contributed by atoms with Gasteiger partial charge in [-0.1, -0.05) is 0 Å². The zero-order chi connectivity index (χ0) is 9.97. The lowest BCUT2D eigenvalue weighted by molar-refractivity contribution is -0.136. The Kier molecular flexibility index (Phi) is 3.11. The molecule has 2 fully saturated rings. The molecule has 14 heavy (non-hydrogen) atoms. The first kappa shape index (κ1) is 10.0. The molecule has 1 saturated carbocycles. The lowest BCUT2D eigenvalue weighted by atomic mass is 9.87. The topological polar surface area (TPSA) is 37.4 Å². The van der Waals surface area contributed by atoms with Crippen molar-refractivity contribution in [2.45, 2.75) is 25.7 Å². The molecule has 1 amide bonds. The summed E-state index contributed by atoms with van der Waals surface area (Å²) in [6.07, 6.45) is 2.77. The number of nitrogens with zero attached hydrogens (tertiary/aromatic N) is 1. The van der Waals surface area contributed by atoms with Gasteiger partial charge < -0.3 is 4.90 Å². The van der Waals surface area contributed by atoms with E-state index < -0.39 is 0 Å². The van der Waals surface area contributed by atoms with Crippen LogP contribution in [0, 0.1) is 5.92 Å². The fourth-order valence-electron chi connectivity index (χ4n) is 2.03. The van der Waals surface area contributed by atoms with E-state index in [1.807, 2.05) is 16.7 Å². The molecule has 0 aromatic heterocycles. The molecule has 1 heterocycles. The van der Waals surface area contributed by atoms with Crippen molar-refractivity contribution in [3.8, 4) is 0 Å². The minimum Gasteiger partial charge on any atom is -0.332 e. The van der Waals surface area contributed by atoms with Crippen LogP contribution in [0.4, 0.5) is 0 Å². The minimum atomic E-state index is 0.131. The van der Waals surface area contributed by atoms with Crippen molar-refractivity contribution < 1.29 is 9.59 Å². The van der Waals surface area contributed by atoms with Gasteiger partial charge in [-0.05, 0) is 12.8 Å². The largest absolute Gasteiger partial charge is 0.332 e. The number of carbonyl (C=O) groups is 2. The van der Waals surface area contributed by atoms with Crippen molar-refractivity contribution in [3.05, 3.63) is 0 Å². The van der Waals surface area contributed by atoms with E-state index in [4.69, 9.17) is 0 Å². The molecular weight excluding hydrogens is 198 g/mol. The van der Waals surface area contributed by atoms with E-state index in [1.165, 1.54) is 0 Å². The predicted molar refractivity (Wildman–Crippen MR) is 56.0 cm³/mol. The van der Waals surface area contributed by atoms with Crippen LogP contribution in [0.15, 0.2) is 0 Å². The molecule has 0 atom stereocenters. The molecule has 0 bridgehead atoms. The predicted octanol–water partition coefficient (Wildman–Crippen LogP) is 1.28. The van der Waals surface area contributed by atoms with Gasteiger partial charge in [0.05, 0.1) is 5.88 Å². The van der Waals surface area contributed by atoms with Crippen LogP contribution in [0.2, 0.25) is 0 Å². The highest BCUT2D eigenvalue weighted by molar-refractivity contribution is 7.99. The summed E-state index contributed by atoms with van der Waals surface area (Å²) >= 11 is 1.81. The molecule has 4 heteroatoms. The Hall–Kier alpha value is -0.510. The first-order valence-corrected chi connectivity index (χ1v) is 6.31. The maximum absolute atomic E-state index is 11.9. The van der Waals surface area contributed by atoms with E-state index in [2.05, 4.69) is 0 Å². The Bertz CT molecular complexity index is 239. The van der Waals surface area contributed by atoms with Crippen molar-refractivity contribution in [2.75, 3.05) is 18.2 Å². The average molecular weight is 213 g/mol. The van der Waals surface area contributed by atoms with Gasteiger partial charge in [0.15, 0.2) is 0 Å². The van der Waals surface area contributed by atoms with Crippen LogP contribution in [-0.2, 0) is 9.59 Å². The van der Waals surface area contributed by atoms with Crippen LogP contribution in [0.5, 0.6) is 0 Å². The molecule has 0 N–H and O–H groups in total. The molecule has 78 valence electrons. The summed E-state index contributed by atoms with van der Waals surface area (Å²) in [5, 5.41) is 0. The Morgan fingerprint density at radius 2 is 2.07 bits per heavy atom. The Morgan fingerprint density at radius 1 is 1.36 bits per heavy atom. The van der Waals surface area contributed by atoms with Gasteiger partial charge in [-0.2, -0.15) is 0 Å². The molecular formula is C10H15NO2S. The van der Waals surface area contributed by atoms with Crippen LogP contribution in [0.1, 0.15) is 25.7 Å². The standard InChI is InChI=1S/C10H15NO2S/c12-9-3-1-8(2-4-9)10(13)11-5-6-14-7-11/h8H,1-7H2. The Labute approximate surface area is 88.2 Å². The highest BCUT2D eigenvalue weighted by Crippen LogP contribution is 2.25. The summed E-state index contributed by atoms with van der Waals surface area (Å²) in [6, 6.07) is 0. The van der Waals surface area contributed by atoms with Crippen molar-refractivity contribution in [1.29, 1.82) is 0 Å². The molecule has 1 aliphatic carbocycles. The number of carbonyl (C=O) groups excluding carboxylic acids is 2. The highest BCUT2D eigenvalue weighted by Gasteiger charge is 2.29. The van der Waals surface area contributed by atoms with E-state index >= 15 is 0 Å². The fourth-order valence-corrected chi connectivity index (χ4v) is 2.99. The molecule has 0 unspecified atom stereocenters. The number of hydrogen-bond donors (Lipinski definition) is 0. The Morgan fingerprint density at radius 3 is 2.64 bits per heavy atom. The van der Waals surface area contributed by atoms with Gasteiger partial charge in [-0.15, -0.1) is 11.8 Å². The fraction of sp³-hybridized carbons (Fsp3) is 0.800. The van der Waals surface area contributed by atoms with Gasteiger partial charge in [0, 0.05) is 31.1 Å². The summed E-state index contributed by atoms with van der Waals surface area (Å²) in [4.78, 5) is 24.9. The third kappa shape index (κ3) is 2.11. The Balaban J connectivity index is 1.88. The molecule has 0 radical (unpaired) electrons. The van der Waals surface area contributed by atoms with E-state index in [-0.39, 0.29) is 11.8 Å². The van der Waals surface area contributed by atoms with Crippen molar-refractivity contribution >= 4 is 23.5 Å². The lowest BCUT2D eigenvalue weighted by Crippen LogP contribution is -2.35. The average Bonchev–Trinajstić information content (AvgIpc) is 2.71. The molecule has 3 nitrogen and oxygen atoms in total. The zero-order valence-electron chi connectivity index (χ0n) is 8.20. The molecule has 1 saturated heterocycles. The summed E-state index contributed by atoms with van der Waals surface area (Å²) < 4.78 is 0. The van der Waals surface area contributed by atoms with Crippen molar-refractivity contribution in [3.63, 3.8) is 0 Å². The molecule has 0 spiro atoms. The SMILES string of the molecule is O=C1CCC(C(=O)N2CCSC2)CC1. The molecule has 0 aromatic carbocycles. The minimum absolute atomic E-state index is 0.131. The quantitative estimate of drug-likeness (QED) is 0.658. The number of hydrogen-bond acceptors (Lipinski definition) is 3. The lowest BCUT2D eigenvalue weighted by Gasteiger charge is -2.24. The second-order valence-corrected chi connectivity index (χ2v) is 5.03. The van der Waals surface area contributed by atoms with Crippen LogP contribution in [0.3, 0.4) is 0 Å². The van der Waals surface area contributed by atoms with Gasteiger partial charge in [-0.25, -0.2) is 0 Å². The third-order valence-corrected chi connectivity index (χ3v) is 3.92. The number of amides is 1. The van der Waals surface area contributed by atoms with Crippen LogP contribution in [0.25, 0.3) is 0 Å². The first-order chi connectivity index (χ1) is 6.77. The van der Waals surface area contributed by atoms with Crippen molar-refractivity contribution in [2.24, 2.45) is 5.92 Å². The summed E-state index contributed by atoms with van der Waals surface area (Å²) in [5.74, 6) is 2.65. The first-order valence-electron chi connectivity index (χ1n) is 5.15. The van der Waals surface area contributed by atoms with Gasteiger partial charge in [0.25, 0.3) is 0 Å². The monoisotopic (exact) mass is 213 g/mol. The molecule has 0 aromatic rings. The summed E-state index contributed by atoms with van der Waals surface area (Å²) in [7, 11) is 0. The number of Topliss-reactive ketones (excluding diaryl/α,β-unsaturated/α-hetero) is 1. The normalized spacial score (nSPS) is 24.3. The molecule has 2 rings (SSSR count). The smallest absolute Gasteiger partial charge is 0.226 e. The zero-order valence-corrected chi connectivity index (χ0v) is 9.02. The number of thioether (sulfide) groups is 1. The van der Waals surface area contributed by atoms with Gasteiger partial charge >= 0.3 is 0 Å². The van der Waals surface area contributed by atoms with Gasteiger partial charge in [0.2, 0.25) is 5.91 Å². The van der Waals surface area contributed by atoms with Crippen LogP contribution < -0.4 is 0 Å². The van der Waals surface area contributed by atoms with E-state index in [1.54, 1.807) is 0 Å². The summed E-state index contributed by atoms with van der Waals surface area (Å²) in [6.45, 7) is 0.897. The van der Waals surface area contributed by atoms with Crippen LogP contribution >= 0.6 is 11.8 Å². The van der Waals surface area contributed by atoms with Crippen LogP contribution in [-0.4, -0.2) is 34.8 Å². The molecule has 2 aliphatic rings.